The van der Waals surface area contributed by atoms with Crippen molar-refractivity contribution in [3.05, 3.63) is 65.4 Å². The number of nitrogens with zero attached hydrogens (tertiary/aromatic N) is 2. The zero-order valence-corrected chi connectivity index (χ0v) is 13.6. The Hall–Kier alpha value is -1.91. The monoisotopic (exact) mass is 331 g/mol. The van der Waals surface area contributed by atoms with Gasteiger partial charge in [0.15, 0.2) is 0 Å². The second kappa shape index (κ2) is 6.69. The SMILES string of the molecule is Cl.Fc1ccc2[nH]c3c(c2c1)CN(CCc1ccccn1)CC3. The summed E-state index contributed by atoms with van der Waals surface area (Å²) in [6.45, 7) is 2.90. The molecule has 0 saturated carbocycles. The summed E-state index contributed by atoms with van der Waals surface area (Å²) >= 11 is 0. The van der Waals surface area contributed by atoms with E-state index in [4.69, 9.17) is 0 Å². The Kier molecular flexibility index (Phi) is 4.64. The largest absolute Gasteiger partial charge is 0.358 e. The molecule has 1 aliphatic rings. The zero-order valence-electron chi connectivity index (χ0n) is 12.8. The molecule has 0 bridgehead atoms. The maximum atomic E-state index is 13.5. The minimum absolute atomic E-state index is 0. The van der Waals surface area contributed by atoms with Crippen LogP contribution in [0.2, 0.25) is 0 Å². The summed E-state index contributed by atoms with van der Waals surface area (Å²) in [4.78, 5) is 10.2. The van der Waals surface area contributed by atoms with Crippen molar-refractivity contribution < 1.29 is 4.39 Å². The lowest BCUT2D eigenvalue weighted by atomic mass is 10.0. The summed E-state index contributed by atoms with van der Waals surface area (Å²) in [7, 11) is 0. The van der Waals surface area contributed by atoms with Crippen LogP contribution in [0.15, 0.2) is 42.6 Å². The molecule has 2 aromatic heterocycles. The molecule has 4 rings (SSSR count). The molecular formula is C18H19ClFN3. The van der Waals surface area contributed by atoms with Gasteiger partial charge in [-0.2, -0.15) is 0 Å². The predicted octanol–water partition coefficient (Wildman–Crippen LogP) is 3.72. The van der Waals surface area contributed by atoms with E-state index < -0.39 is 0 Å². The first-order valence-corrected chi connectivity index (χ1v) is 7.71. The molecule has 5 heteroatoms. The van der Waals surface area contributed by atoms with E-state index in [-0.39, 0.29) is 18.2 Å². The first-order valence-electron chi connectivity index (χ1n) is 7.71. The molecule has 0 unspecified atom stereocenters. The van der Waals surface area contributed by atoms with Crippen LogP contribution in [0.25, 0.3) is 10.9 Å². The van der Waals surface area contributed by atoms with E-state index in [9.17, 15) is 4.39 Å². The lowest BCUT2D eigenvalue weighted by Crippen LogP contribution is -2.32. The predicted molar refractivity (Wildman–Crippen MR) is 92.4 cm³/mol. The van der Waals surface area contributed by atoms with E-state index in [0.717, 1.165) is 49.1 Å². The van der Waals surface area contributed by atoms with Gasteiger partial charge in [0.2, 0.25) is 0 Å². The Labute approximate surface area is 140 Å². The minimum Gasteiger partial charge on any atom is -0.358 e. The van der Waals surface area contributed by atoms with Gasteiger partial charge < -0.3 is 4.98 Å². The van der Waals surface area contributed by atoms with Crippen LogP contribution < -0.4 is 0 Å². The van der Waals surface area contributed by atoms with E-state index in [2.05, 4.69) is 20.9 Å². The molecule has 0 saturated heterocycles. The maximum Gasteiger partial charge on any atom is 0.123 e. The van der Waals surface area contributed by atoms with Gasteiger partial charge in [-0.25, -0.2) is 4.39 Å². The molecule has 1 aromatic carbocycles. The van der Waals surface area contributed by atoms with Crippen molar-refractivity contribution in [3.63, 3.8) is 0 Å². The summed E-state index contributed by atoms with van der Waals surface area (Å²) in [6.07, 6.45) is 3.78. The molecule has 3 heterocycles. The molecule has 23 heavy (non-hydrogen) atoms. The Bertz CT molecular complexity index is 801. The highest BCUT2D eigenvalue weighted by Crippen LogP contribution is 2.28. The fraction of sp³-hybridized carbons (Fsp3) is 0.278. The van der Waals surface area contributed by atoms with Crippen LogP contribution in [0, 0.1) is 5.82 Å². The third kappa shape index (κ3) is 3.23. The van der Waals surface area contributed by atoms with Gasteiger partial charge in [-0.1, -0.05) is 6.07 Å². The highest BCUT2D eigenvalue weighted by molar-refractivity contribution is 5.85. The molecule has 0 aliphatic carbocycles. The van der Waals surface area contributed by atoms with Gasteiger partial charge in [0, 0.05) is 61.0 Å². The van der Waals surface area contributed by atoms with Crippen molar-refractivity contribution in [2.24, 2.45) is 0 Å². The highest BCUT2D eigenvalue weighted by Gasteiger charge is 2.20. The van der Waals surface area contributed by atoms with Gasteiger partial charge in [-0.15, -0.1) is 12.4 Å². The van der Waals surface area contributed by atoms with Crippen molar-refractivity contribution in [1.29, 1.82) is 0 Å². The van der Waals surface area contributed by atoms with Crippen LogP contribution in [0.3, 0.4) is 0 Å². The molecule has 0 atom stereocenters. The minimum atomic E-state index is -0.167. The summed E-state index contributed by atoms with van der Waals surface area (Å²) in [5.41, 5.74) is 4.67. The normalized spacial score (nSPS) is 14.5. The lowest BCUT2D eigenvalue weighted by Gasteiger charge is -2.26. The molecule has 1 N–H and O–H groups in total. The summed E-state index contributed by atoms with van der Waals surface area (Å²) < 4.78 is 13.5. The fourth-order valence-corrected chi connectivity index (χ4v) is 3.25. The first-order chi connectivity index (χ1) is 10.8. The van der Waals surface area contributed by atoms with Gasteiger partial charge in [-0.05, 0) is 35.9 Å². The van der Waals surface area contributed by atoms with E-state index in [1.807, 2.05) is 24.4 Å². The maximum absolute atomic E-state index is 13.5. The molecule has 120 valence electrons. The Morgan fingerprint density at radius 3 is 2.96 bits per heavy atom. The first kappa shape index (κ1) is 16.0. The van der Waals surface area contributed by atoms with Gasteiger partial charge in [0.1, 0.15) is 5.82 Å². The quantitative estimate of drug-likeness (QED) is 0.793. The number of pyridine rings is 1. The Morgan fingerprint density at radius 2 is 2.13 bits per heavy atom. The molecule has 0 radical (unpaired) electrons. The van der Waals surface area contributed by atoms with Crippen LogP contribution in [-0.4, -0.2) is 28.0 Å². The number of halogens is 2. The second-order valence-corrected chi connectivity index (χ2v) is 5.87. The Morgan fingerprint density at radius 1 is 1.22 bits per heavy atom. The molecule has 3 nitrogen and oxygen atoms in total. The van der Waals surface area contributed by atoms with Gasteiger partial charge in [0.05, 0.1) is 0 Å². The fourth-order valence-electron chi connectivity index (χ4n) is 3.25. The average molecular weight is 332 g/mol. The van der Waals surface area contributed by atoms with Crippen molar-refractivity contribution in [3.8, 4) is 0 Å². The third-order valence-corrected chi connectivity index (χ3v) is 4.43. The van der Waals surface area contributed by atoms with Crippen LogP contribution in [-0.2, 0) is 19.4 Å². The number of fused-ring (bicyclic) bond motifs is 3. The van der Waals surface area contributed by atoms with Crippen LogP contribution in [0.5, 0.6) is 0 Å². The number of benzene rings is 1. The van der Waals surface area contributed by atoms with E-state index in [1.54, 1.807) is 6.07 Å². The lowest BCUT2D eigenvalue weighted by molar-refractivity contribution is 0.257. The number of aromatic amines is 1. The van der Waals surface area contributed by atoms with Crippen molar-refractivity contribution in [1.82, 2.24) is 14.9 Å². The van der Waals surface area contributed by atoms with Crippen LogP contribution >= 0.6 is 12.4 Å². The molecule has 0 amide bonds. The molecular weight excluding hydrogens is 313 g/mol. The summed E-state index contributed by atoms with van der Waals surface area (Å²) in [5, 5.41) is 1.03. The highest BCUT2D eigenvalue weighted by atomic mass is 35.5. The van der Waals surface area contributed by atoms with Gasteiger partial charge in [-0.3, -0.25) is 9.88 Å². The van der Waals surface area contributed by atoms with Gasteiger partial charge >= 0.3 is 0 Å². The molecule has 3 aromatic rings. The molecule has 0 fully saturated rings. The van der Waals surface area contributed by atoms with E-state index in [0.29, 0.717) is 0 Å². The second-order valence-electron chi connectivity index (χ2n) is 5.87. The van der Waals surface area contributed by atoms with E-state index in [1.165, 1.54) is 17.3 Å². The third-order valence-electron chi connectivity index (χ3n) is 4.43. The topological polar surface area (TPSA) is 31.9 Å². The summed E-state index contributed by atoms with van der Waals surface area (Å²) in [6, 6.07) is 11.0. The zero-order chi connectivity index (χ0) is 14.9. The average Bonchev–Trinajstić information content (AvgIpc) is 2.91. The number of rotatable bonds is 3. The number of nitrogens with one attached hydrogen (secondary N) is 1. The van der Waals surface area contributed by atoms with E-state index >= 15 is 0 Å². The number of aromatic nitrogens is 2. The number of hydrogen-bond donors (Lipinski definition) is 1. The number of H-pyrrole nitrogens is 1. The van der Waals surface area contributed by atoms with Crippen LogP contribution in [0.4, 0.5) is 4.39 Å². The molecule has 0 spiro atoms. The smallest absolute Gasteiger partial charge is 0.123 e. The standard InChI is InChI=1S/C18H18FN3.ClH/c19-13-4-5-17-15(11-13)16-12-22(10-7-18(16)21-17)9-6-14-3-1-2-8-20-14;/h1-5,8,11,21H,6-7,9-10,12H2;1H. The van der Waals surface area contributed by atoms with Gasteiger partial charge in [0.25, 0.3) is 0 Å². The van der Waals surface area contributed by atoms with Crippen LogP contribution in [0.1, 0.15) is 17.0 Å². The van der Waals surface area contributed by atoms with Crippen molar-refractivity contribution in [2.45, 2.75) is 19.4 Å². The van der Waals surface area contributed by atoms with Crippen molar-refractivity contribution >= 4 is 23.3 Å². The number of hydrogen-bond acceptors (Lipinski definition) is 2. The van der Waals surface area contributed by atoms with Crippen molar-refractivity contribution in [2.75, 3.05) is 13.1 Å². The Balaban J connectivity index is 0.00000156. The summed E-state index contributed by atoms with van der Waals surface area (Å²) in [5.74, 6) is -0.167. The molecule has 1 aliphatic heterocycles.